The lowest BCUT2D eigenvalue weighted by Crippen LogP contribution is -2.50. The number of amides is 2. The van der Waals surface area contributed by atoms with E-state index in [0.717, 1.165) is 25.7 Å². The van der Waals surface area contributed by atoms with E-state index in [9.17, 15) is 14.7 Å². The Morgan fingerprint density at radius 3 is 2.60 bits per heavy atom. The van der Waals surface area contributed by atoms with Crippen LogP contribution >= 0.6 is 0 Å². The molecule has 0 aliphatic heterocycles. The van der Waals surface area contributed by atoms with Crippen LogP contribution in [0.1, 0.15) is 45.4 Å². The Kier molecular flexibility index (Phi) is 6.78. The lowest BCUT2D eigenvalue weighted by atomic mass is 9.92. The highest BCUT2D eigenvalue weighted by Gasteiger charge is 2.29. The van der Waals surface area contributed by atoms with E-state index >= 15 is 0 Å². The van der Waals surface area contributed by atoms with Gasteiger partial charge in [0.15, 0.2) is 0 Å². The molecule has 0 aromatic carbocycles. The average Bonchev–Trinajstić information content (AvgIpc) is 2.42. The molecule has 20 heavy (non-hydrogen) atoms. The van der Waals surface area contributed by atoms with Crippen molar-refractivity contribution in [2.24, 2.45) is 5.92 Å². The Labute approximate surface area is 120 Å². The summed E-state index contributed by atoms with van der Waals surface area (Å²) in [6.07, 6.45) is 3.86. The van der Waals surface area contributed by atoms with Gasteiger partial charge in [0.25, 0.3) is 0 Å². The predicted molar refractivity (Wildman–Crippen MR) is 75.5 cm³/mol. The highest BCUT2D eigenvalue weighted by atomic mass is 16.4. The average molecular weight is 286 g/mol. The van der Waals surface area contributed by atoms with E-state index in [2.05, 4.69) is 5.32 Å². The first-order valence-electron chi connectivity index (χ1n) is 7.32. The molecule has 0 heterocycles. The summed E-state index contributed by atoms with van der Waals surface area (Å²) in [5.41, 5.74) is 0. The molecule has 0 aromatic rings. The summed E-state index contributed by atoms with van der Waals surface area (Å²) in [7, 11) is 1.70. The second-order valence-corrected chi connectivity index (χ2v) is 5.75. The molecule has 0 saturated heterocycles. The molecule has 0 bridgehead atoms. The normalized spacial score (nSPS) is 23.9. The number of urea groups is 1. The molecular weight excluding hydrogens is 260 g/mol. The van der Waals surface area contributed by atoms with Gasteiger partial charge in [0.2, 0.25) is 0 Å². The molecule has 3 unspecified atom stereocenters. The summed E-state index contributed by atoms with van der Waals surface area (Å²) in [5.74, 6) is -0.689. The summed E-state index contributed by atoms with van der Waals surface area (Å²) in [6.45, 7) is 2.37. The third-order valence-electron chi connectivity index (χ3n) is 3.96. The highest BCUT2D eigenvalue weighted by Crippen LogP contribution is 2.22. The first-order chi connectivity index (χ1) is 9.41. The topological polar surface area (TPSA) is 89.9 Å². The highest BCUT2D eigenvalue weighted by molar-refractivity contribution is 5.74. The third kappa shape index (κ3) is 5.36. The fourth-order valence-corrected chi connectivity index (χ4v) is 2.55. The minimum absolute atomic E-state index is 0.113. The molecule has 6 heteroatoms. The van der Waals surface area contributed by atoms with Gasteiger partial charge in [-0.2, -0.15) is 0 Å². The van der Waals surface area contributed by atoms with Crippen LogP contribution in [0.2, 0.25) is 0 Å². The number of carboxylic acids is 1. The number of carboxylic acid groups (broad SMARTS) is 1. The van der Waals surface area contributed by atoms with E-state index < -0.39 is 12.1 Å². The fourth-order valence-electron chi connectivity index (χ4n) is 2.55. The van der Waals surface area contributed by atoms with E-state index in [4.69, 9.17) is 5.11 Å². The van der Waals surface area contributed by atoms with Gasteiger partial charge in [0, 0.05) is 20.0 Å². The molecule has 0 radical (unpaired) electrons. The van der Waals surface area contributed by atoms with Crippen LogP contribution < -0.4 is 5.32 Å². The van der Waals surface area contributed by atoms with Crippen molar-refractivity contribution >= 4 is 12.0 Å². The zero-order valence-electron chi connectivity index (χ0n) is 12.3. The maximum absolute atomic E-state index is 12.0. The van der Waals surface area contributed by atoms with Crippen molar-refractivity contribution in [2.45, 2.75) is 57.6 Å². The first kappa shape index (κ1) is 16.8. The predicted octanol–water partition coefficient (Wildman–Crippen LogP) is 1.43. The van der Waals surface area contributed by atoms with Crippen molar-refractivity contribution in [3.8, 4) is 0 Å². The standard InChI is InChI=1S/C14H26N2O4/c1-10(7-8-13(18)19)9-15-14(20)16(2)11-5-3-4-6-12(11)17/h10-12,17H,3-9H2,1-2H3,(H,15,20)(H,18,19). The molecule has 3 atom stereocenters. The minimum atomic E-state index is -0.814. The summed E-state index contributed by atoms with van der Waals surface area (Å²) in [4.78, 5) is 24.1. The molecule has 1 rings (SSSR count). The van der Waals surface area contributed by atoms with Crippen LogP contribution in [0.25, 0.3) is 0 Å². The molecule has 116 valence electrons. The smallest absolute Gasteiger partial charge is 0.317 e. The van der Waals surface area contributed by atoms with Crippen LogP contribution in [0.3, 0.4) is 0 Å². The molecule has 1 saturated carbocycles. The Hall–Kier alpha value is -1.30. The SMILES string of the molecule is CC(CCC(=O)O)CNC(=O)N(C)C1CCCCC1O. The lowest BCUT2D eigenvalue weighted by Gasteiger charge is -2.35. The van der Waals surface area contributed by atoms with E-state index in [0.29, 0.717) is 13.0 Å². The maximum Gasteiger partial charge on any atom is 0.317 e. The van der Waals surface area contributed by atoms with Gasteiger partial charge in [-0.1, -0.05) is 19.8 Å². The Morgan fingerprint density at radius 1 is 1.35 bits per heavy atom. The van der Waals surface area contributed by atoms with Crippen molar-refractivity contribution in [1.82, 2.24) is 10.2 Å². The second-order valence-electron chi connectivity index (χ2n) is 5.75. The van der Waals surface area contributed by atoms with Gasteiger partial charge in [-0.25, -0.2) is 4.79 Å². The van der Waals surface area contributed by atoms with Crippen molar-refractivity contribution in [2.75, 3.05) is 13.6 Å². The van der Waals surface area contributed by atoms with Gasteiger partial charge in [0.05, 0.1) is 12.1 Å². The number of hydrogen-bond donors (Lipinski definition) is 3. The van der Waals surface area contributed by atoms with Crippen LogP contribution in [-0.2, 0) is 4.79 Å². The third-order valence-corrected chi connectivity index (χ3v) is 3.96. The number of aliphatic hydroxyl groups excluding tert-OH is 1. The molecule has 6 nitrogen and oxygen atoms in total. The number of rotatable bonds is 6. The molecule has 3 N–H and O–H groups in total. The van der Waals surface area contributed by atoms with Gasteiger partial charge < -0.3 is 20.4 Å². The van der Waals surface area contributed by atoms with Crippen molar-refractivity contribution < 1.29 is 19.8 Å². The minimum Gasteiger partial charge on any atom is -0.481 e. The Morgan fingerprint density at radius 2 is 2.00 bits per heavy atom. The van der Waals surface area contributed by atoms with E-state index in [1.165, 1.54) is 0 Å². The molecule has 1 fully saturated rings. The van der Waals surface area contributed by atoms with Crippen molar-refractivity contribution in [3.05, 3.63) is 0 Å². The number of carbonyl (C=O) groups is 2. The number of aliphatic hydroxyl groups is 1. The molecule has 1 aliphatic rings. The van der Waals surface area contributed by atoms with E-state index in [-0.39, 0.29) is 24.4 Å². The van der Waals surface area contributed by atoms with E-state index in [1.54, 1.807) is 11.9 Å². The number of nitrogens with zero attached hydrogens (tertiary/aromatic N) is 1. The van der Waals surface area contributed by atoms with Gasteiger partial charge in [-0.3, -0.25) is 4.79 Å². The number of likely N-dealkylation sites (N-methyl/N-ethyl adjacent to an activating group) is 1. The van der Waals surface area contributed by atoms with Crippen LogP contribution in [0.15, 0.2) is 0 Å². The zero-order valence-corrected chi connectivity index (χ0v) is 12.3. The molecule has 0 aromatic heterocycles. The molecule has 1 aliphatic carbocycles. The Bertz CT molecular complexity index is 335. The number of hydrogen-bond acceptors (Lipinski definition) is 3. The summed E-state index contributed by atoms with van der Waals surface area (Å²) < 4.78 is 0. The largest absolute Gasteiger partial charge is 0.481 e. The summed E-state index contributed by atoms with van der Waals surface area (Å²) >= 11 is 0. The van der Waals surface area contributed by atoms with Gasteiger partial charge in [0.1, 0.15) is 0 Å². The fraction of sp³-hybridized carbons (Fsp3) is 0.857. The van der Waals surface area contributed by atoms with E-state index in [1.807, 2.05) is 6.92 Å². The summed E-state index contributed by atoms with van der Waals surface area (Å²) in [5, 5.41) is 21.3. The number of aliphatic carboxylic acids is 1. The lowest BCUT2D eigenvalue weighted by molar-refractivity contribution is -0.137. The number of nitrogens with one attached hydrogen (secondary N) is 1. The van der Waals surface area contributed by atoms with Crippen molar-refractivity contribution in [3.63, 3.8) is 0 Å². The van der Waals surface area contributed by atoms with Crippen LogP contribution in [0.5, 0.6) is 0 Å². The van der Waals surface area contributed by atoms with Gasteiger partial charge in [-0.05, 0) is 25.2 Å². The quantitative estimate of drug-likeness (QED) is 0.689. The molecular formula is C14H26N2O4. The number of carbonyl (C=O) groups excluding carboxylic acids is 1. The zero-order chi connectivity index (χ0) is 15.1. The van der Waals surface area contributed by atoms with Crippen LogP contribution in [0.4, 0.5) is 4.79 Å². The van der Waals surface area contributed by atoms with Crippen LogP contribution in [-0.4, -0.2) is 52.9 Å². The summed E-state index contributed by atoms with van der Waals surface area (Å²) in [6, 6.07) is -0.309. The maximum atomic E-state index is 12.0. The van der Waals surface area contributed by atoms with Crippen LogP contribution in [0, 0.1) is 5.92 Å². The monoisotopic (exact) mass is 286 g/mol. The van der Waals surface area contributed by atoms with Crippen molar-refractivity contribution in [1.29, 1.82) is 0 Å². The van der Waals surface area contributed by atoms with Gasteiger partial charge in [-0.15, -0.1) is 0 Å². The second kappa shape index (κ2) is 8.09. The first-order valence-corrected chi connectivity index (χ1v) is 7.32. The molecule has 0 spiro atoms. The van der Waals surface area contributed by atoms with Gasteiger partial charge >= 0.3 is 12.0 Å². The Balaban J connectivity index is 2.32. The molecule has 2 amide bonds.